The number of aromatic carboxylic acids is 1. The zero-order valence-electron chi connectivity index (χ0n) is 9.89. The molecule has 0 aliphatic carbocycles. The van der Waals surface area contributed by atoms with Crippen molar-refractivity contribution in [3.05, 3.63) is 29.3 Å². The highest BCUT2D eigenvalue weighted by atomic mass is 16.4. The molecule has 0 amide bonds. The zero-order chi connectivity index (χ0) is 12.4. The van der Waals surface area contributed by atoms with E-state index >= 15 is 0 Å². The number of carboxylic acid groups (broad SMARTS) is 1. The molecule has 0 bridgehead atoms. The van der Waals surface area contributed by atoms with Crippen molar-refractivity contribution >= 4 is 11.7 Å². The molecule has 0 radical (unpaired) electrons. The van der Waals surface area contributed by atoms with Crippen LogP contribution in [-0.2, 0) is 0 Å². The van der Waals surface area contributed by atoms with Gasteiger partial charge in [-0.05, 0) is 37.5 Å². The van der Waals surface area contributed by atoms with Crippen LogP contribution in [0.25, 0.3) is 0 Å². The molecule has 0 saturated carbocycles. The van der Waals surface area contributed by atoms with E-state index in [2.05, 4.69) is 4.90 Å². The molecule has 17 heavy (non-hydrogen) atoms. The van der Waals surface area contributed by atoms with Gasteiger partial charge in [-0.2, -0.15) is 0 Å². The van der Waals surface area contributed by atoms with E-state index < -0.39 is 12.1 Å². The van der Waals surface area contributed by atoms with Gasteiger partial charge in [-0.25, -0.2) is 4.79 Å². The van der Waals surface area contributed by atoms with E-state index in [0.717, 1.165) is 31.6 Å². The van der Waals surface area contributed by atoms with Gasteiger partial charge < -0.3 is 15.1 Å². The molecule has 1 aliphatic rings. The van der Waals surface area contributed by atoms with Crippen LogP contribution in [0.3, 0.4) is 0 Å². The molecular weight excluding hydrogens is 218 g/mol. The molecular formula is C13H17NO3. The van der Waals surface area contributed by atoms with Crippen molar-refractivity contribution in [3.8, 4) is 0 Å². The van der Waals surface area contributed by atoms with Crippen LogP contribution >= 0.6 is 0 Å². The summed E-state index contributed by atoms with van der Waals surface area (Å²) in [6.07, 6.45) is 1.58. The fourth-order valence-corrected chi connectivity index (χ4v) is 2.22. The fraction of sp³-hybridized carbons (Fsp3) is 0.462. The van der Waals surface area contributed by atoms with E-state index in [0.29, 0.717) is 5.56 Å². The lowest BCUT2D eigenvalue weighted by Gasteiger charge is -2.20. The molecule has 2 rings (SSSR count). The lowest BCUT2D eigenvalue weighted by Crippen LogP contribution is -2.20. The smallest absolute Gasteiger partial charge is 0.337 e. The Morgan fingerprint density at radius 3 is 2.53 bits per heavy atom. The summed E-state index contributed by atoms with van der Waals surface area (Å²) in [6.45, 7) is 3.46. The number of benzene rings is 1. The normalized spacial score (nSPS) is 17.2. The van der Waals surface area contributed by atoms with Crippen molar-refractivity contribution in [1.82, 2.24) is 0 Å². The highest BCUT2D eigenvalue weighted by Gasteiger charge is 2.20. The predicted molar refractivity (Wildman–Crippen MR) is 65.5 cm³/mol. The van der Waals surface area contributed by atoms with Crippen LogP contribution < -0.4 is 4.90 Å². The van der Waals surface area contributed by atoms with Gasteiger partial charge in [0.15, 0.2) is 0 Å². The highest BCUT2D eigenvalue weighted by molar-refractivity contribution is 5.94. The number of carboxylic acids is 1. The number of aliphatic hydroxyl groups excluding tert-OH is 1. The molecule has 1 aromatic rings. The van der Waals surface area contributed by atoms with E-state index in [1.807, 2.05) is 0 Å². The summed E-state index contributed by atoms with van der Waals surface area (Å²) in [7, 11) is 0. The second kappa shape index (κ2) is 4.75. The van der Waals surface area contributed by atoms with Crippen LogP contribution in [-0.4, -0.2) is 29.3 Å². The van der Waals surface area contributed by atoms with Crippen LogP contribution in [0.1, 0.15) is 41.8 Å². The van der Waals surface area contributed by atoms with Gasteiger partial charge in [0.1, 0.15) is 0 Å². The lowest BCUT2D eigenvalue weighted by atomic mass is 10.0. The van der Waals surface area contributed by atoms with Gasteiger partial charge in [-0.15, -0.1) is 0 Å². The van der Waals surface area contributed by atoms with Crippen molar-refractivity contribution in [2.75, 3.05) is 18.0 Å². The summed E-state index contributed by atoms with van der Waals surface area (Å²) in [5.74, 6) is -0.936. The van der Waals surface area contributed by atoms with E-state index in [9.17, 15) is 15.0 Å². The first-order valence-electron chi connectivity index (χ1n) is 5.90. The van der Waals surface area contributed by atoms with Gasteiger partial charge in [0.2, 0.25) is 0 Å². The molecule has 1 fully saturated rings. The Bertz CT molecular complexity index is 423. The van der Waals surface area contributed by atoms with Crippen LogP contribution in [0.5, 0.6) is 0 Å². The topological polar surface area (TPSA) is 60.8 Å². The maximum absolute atomic E-state index is 11.2. The second-order valence-corrected chi connectivity index (χ2v) is 4.45. The maximum Gasteiger partial charge on any atom is 0.337 e. The number of hydrogen-bond acceptors (Lipinski definition) is 3. The van der Waals surface area contributed by atoms with Crippen LogP contribution in [0.4, 0.5) is 5.69 Å². The molecule has 1 aliphatic heterocycles. The largest absolute Gasteiger partial charge is 0.478 e. The van der Waals surface area contributed by atoms with E-state index in [1.54, 1.807) is 25.1 Å². The summed E-state index contributed by atoms with van der Waals surface area (Å²) in [5, 5.41) is 18.7. The molecule has 1 unspecified atom stereocenters. The van der Waals surface area contributed by atoms with Crippen LogP contribution in [0.2, 0.25) is 0 Å². The van der Waals surface area contributed by atoms with Crippen molar-refractivity contribution in [2.24, 2.45) is 0 Å². The van der Waals surface area contributed by atoms with Crippen molar-refractivity contribution in [3.63, 3.8) is 0 Å². The molecule has 2 N–H and O–H groups in total. The number of hydrogen-bond donors (Lipinski definition) is 2. The first-order chi connectivity index (χ1) is 8.09. The molecule has 1 heterocycles. The van der Waals surface area contributed by atoms with Gasteiger partial charge in [0.25, 0.3) is 0 Å². The van der Waals surface area contributed by atoms with E-state index in [4.69, 9.17) is 0 Å². The van der Waals surface area contributed by atoms with E-state index in [-0.39, 0.29) is 5.56 Å². The number of rotatable bonds is 3. The highest BCUT2D eigenvalue weighted by Crippen LogP contribution is 2.27. The summed E-state index contributed by atoms with van der Waals surface area (Å²) in [5.41, 5.74) is 1.69. The SMILES string of the molecule is CC(O)c1ccc(N2CCCC2)c(C(=O)O)c1. The summed E-state index contributed by atoms with van der Waals surface area (Å²) >= 11 is 0. The van der Waals surface area contributed by atoms with Gasteiger partial charge >= 0.3 is 5.97 Å². The lowest BCUT2D eigenvalue weighted by molar-refractivity contribution is 0.0697. The third-order valence-electron chi connectivity index (χ3n) is 3.18. The molecule has 0 aromatic heterocycles. The van der Waals surface area contributed by atoms with Crippen molar-refractivity contribution in [2.45, 2.75) is 25.9 Å². The van der Waals surface area contributed by atoms with Gasteiger partial charge in [-0.3, -0.25) is 0 Å². The van der Waals surface area contributed by atoms with Crippen LogP contribution in [0, 0.1) is 0 Å². The Hall–Kier alpha value is -1.55. The van der Waals surface area contributed by atoms with E-state index in [1.165, 1.54) is 0 Å². The summed E-state index contributed by atoms with van der Waals surface area (Å²) < 4.78 is 0. The number of carbonyl (C=O) groups is 1. The Kier molecular flexibility index (Phi) is 3.33. The first kappa shape index (κ1) is 11.9. The molecule has 92 valence electrons. The zero-order valence-corrected chi connectivity index (χ0v) is 9.89. The second-order valence-electron chi connectivity index (χ2n) is 4.45. The van der Waals surface area contributed by atoms with Crippen molar-refractivity contribution in [1.29, 1.82) is 0 Å². The van der Waals surface area contributed by atoms with Gasteiger partial charge in [0.05, 0.1) is 17.4 Å². The third-order valence-corrected chi connectivity index (χ3v) is 3.18. The minimum absolute atomic E-state index is 0.283. The quantitative estimate of drug-likeness (QED) is 0.841. The first-order valence-corrected chi connectivity index (χ1v) is 5.90. The van der Waals surface area contributed by atoms with Gasteiger partial charge in [0, 0.05) is 13.1 Å². The predicted octanol–water partition coefficient (Wildman–Crippen LogP) is 2.04. The molecule has 4 nitrogen and oxygen atoms in total. The molecule has 0 spiro atoms. The average Bonchev–Trinajstić information content (AvgIpc) is 2.81. The molecule has 1 saturated heterocycles. The molecule has 1 atom stereocenters. The Morgan fingerprint density at radius 2 is 2.00 bits per heavy atom. The minimum Gasteiger partial charge on any atom is -0.478 e. The Balaban J connectivity index is 2.40. The average molecular weight is 235 g/mol. The number of aliphatic hydroxyl groups is 1. The minimum atomic E-state index is -0.936. The fourth-order valence-electron chi connectivity index (χ4n) is 2.22. The van der Waals surface area contributed by atoms with Crippen LogP contribution in [0.15, 0.2) is 18.2 Å². The molecule has 4 heteroatoms. The Labute approximate surface area is 100 Å². The standard InChI is InChI=1S/C13H17NO3/c1-9(15)10-4-5-12(11(8-10)13(16)17)14-6-2-3-7-14/h4-5,8-9,15H,2-3,6-7H2,1H3,(H,16,17). The third kappa shape index (κ3) is 2.42. The van der Waals surface area contributed by atoms with Crippen molar-refractivity contribution < 1.29 is 15.0 Å². The number of anilines is 1. The monoisotopic (exact) mass is 235 g/mol. The maximum atomic E-state index is 11.2. The summed E-state index contributed by atoms with van der Waals surface area (Å²) in [6, 6.07) is 5.17. The van der Waals surface area contributed by atoms with Gasteiger partial charge in [-0.1, -0.05) is 6.07 Å². The molecule has 1 aromatic carbocycles. The number of nitrogens with zero attached hydrogens (tertiary/aromatic N) is 1. The summed E-state index contributed by atoms with van der Waals surface area (Å²) in [4.78, 5) is 13.3. The Morgan fingerprint density at radius 1 is 1.35 bits per heavy atom.